The molecule has 0 heterocycles. The monoisotopic (exact) mass is 274 g/mol. The van der Waals surface area contributed by atoms with Gasteiger partial charge in [-0.2, -0.15) is 0 Å². The SMILES string of the molecule is COc1ccc(SCCc2ccccc2)cc1OC. The molecular formula is C16H18O2S. The summed E-state index contributed by atoms with van der Waals surface area (Å²) < 4.78 is 10.5. The number of thioether (sulfide) groups is 1. The lowest BCUT2D eigenvalue weighted by Gasteiger charge is -2.09. The third-order valence-corrected chi connectivity index (χ3v) is 3.85. The van der Waals surface area contributed by atoms with Gasteiger partial charge >= 0.3 is 0 Å². The van der Waals surface area contributed by atoms with Gasteiger partial charge < -0.3 is 9.47 Å². The van der Waals surface area contributed by atoms with Gasteiger partial charge in [-0.3, -0.25) is 0 Å². The van der Waals surface area contributed by atoms with Crippen molar-refractivity contribution in [1.82, 2.24) is 0 Å². The second-order valence-corrected chi connectivity index (χ2v) is 5.27. The molecule has 0 aliphatic carbocycles. The molecule has 0 amide bonds. The number of aryl methyl sites for hydroxylation is 1. The summed E-state index contributed by atoms with van der Waals surface area (Å²) in [6.07, 6.45) is 1.07. The van der Waals surface area contributed by atoms with Gasteiger partial charge in [-0.15, -0.1) is 11.8 Å². The average molecular weight is 274 g/mol. The summed E-state index contributed by atoms with van der Waals surface area (Å²) in [7, 11) is 3.32. The molecule has 19 heavy (non-hydrogen) atoms. The van der Waals surface area contributed by atoms with Gasteiger partial charge in [0.05, 0.1) is 14.2 Å². The Labute approximate surface area is 118 Å². The number of hydrogen-bond acceptors (Lipinski definition) is 3. The van der Waals surface area contributed by atoms with Gasteiger partial charge in [0.1, 0.15) is 0 Å². The summed E-state index contributed by atoms with van der Waals surface area (Å²) in [5.74, 6) is 2.61. The van der Waals surface area contributed by atoms with E-state index in [2.05, 4.69) is 30.3 Å². The van der Waals surface area contributed by atoms with Crippen molar-refractivity contribution < 1.29 is 9.47 Å². The fourth-order valence-corrected chi connectivity index (χ4v) is 2.77. The van der Waals surface area contributed by atoms with Crippen molar-refractivity contribution in [2.75, 3.05) is 20.0 Å². The summed E-state index contributed by atoms with van der Waals surface area (Å²) in [6, 6.07) is 16.6. The molecule has 0 radical (unpaired) electrons. The van der Waals surface area contributed by atoms with E-state index in [-0.39, 0.29) is 0 Å². The van der Waals surface area contributed by atoms with Crippen LogP contribution >= 0.6 is 11.8 Å². The number of benzene rings is 2. The van der Waals surface area contributed by atoms with Crippen molar-refractivity contribution in [1.29, 1.82) is 0 Å². The normalized spacial score (nSPS) is 10.2. The summed E-state index contributed by atoms with van der Waals surface area (Å²) in [5, 5.41) is 0. The zero-order valence-corrected chi connectivity index (χ0v) is 12.1. The maximum atomic E-state index is 5.30. The van der Waals surface area contributed by atoms with Crippen molar-refractivity contribution in [3.63, 3.8) is 0 Å². The molecule has 0 unspecified atom stereocenters. The van der Waals surface area contributed by atoms with Crippen molar-refractivity contribution in [2.24, 2.45) is 0 Å². The Morgan fingerprint density at radius 3 is 2.32 bits per heavy atom. The van der Waals surface area contributed by atoms with Crippen LogP contribution in [0.2, 0.25) is 0 Å². The van der Waals surface area contributed by atoms with Crippen LogP contribution in [0.4, 0.5) is 0 Å². The fraction of sp³-hybridized carbons (Fsp3) is 0.250. The zero-order valence-electron chi connectivity index (χ0n) is 11.3. The van der Waals surface area contributed by atoms with E-state index in [1.54, 1.807) is 14.2 Å². The lowest BCUT2D eigenvalue weighted by atomic mass is 10.2. The van der Waals surface area contributed by atoms with Gasteiger partial charge in [-0.05, 0) is 30.2 Å². The van der Waals surface area contributed by atoms with E-state index in [4.69, 9.17) is 9.47 Å². The average Bonchev–Trinajstić information content (AvgIpc) is 2.48. The largest absolute Gasteiger partial charge is 0.493 e. The minimum absolute atomic E-state index is 0.773. The van der Waals surface area contributed by atoms with Crippen molar-refractivity contribution in [3.8, 4) is 11.5 Å². The highest BCUT2D eigenvalue weighted by molar-refractivity contribution is 7.99. The van der Waals surface area contributed by atoms with Crippen LogP contribution in [0, 0.1) is 0 Å². The third-order valence-electron chi connectivity index (χ3n) is 2.86. The molecule has 0 aliphatic heterocycles. The van der Waals surface area contributed by atoms with Gasteiger partial charge in [0, 0.05) is 10.6 Å². The highest BCUT2D eigenvalue weighted by Gasteiger charge is 2.04. The first-order chi connectivity index (χ1) is 9.33. The minimum Gasteiger partial charge on any atom is -0.493 e. The highest BCUT2D eigenvalue weighted by atomic mass is 32.2. The standard InChI is InChI=1S/C16H18O2S/c1-17-15-9-8-14(12-16(15)18-2)19-11-10-13-6-4-3-5-7-13/h3-9,12H,10-11H2,1-2H3. The highest BCUT2D eigenvalue weighted by Crippen LogP contribution is 2.31. The Hall–Kier alpha value is -1.61. The van der Waals surface area contributed by atoms with E-state index in [1.807, 2.05) is 30.0 Å². The second kappa shape index (κ2) is 7.10. The Balaban J connectivity index is 1.93. The topological polar surface area (TPSA) is 18.5 Å². The Morgan fingerprint density at radius 1 is 0.895 bits per heavy atom. The van der Waals surface area contributed by atoms with E-state index < -0.39 is 0 Å². The van der Waals surface area contributed by atoms with Crippen LogP contribution in [0.5, 0.6) is 11.5 Å². The van der Waals surface area contributed by atoms with Gasteiger partial charge in [-0.25, -0.2) is 0 Å². The fourth-order valence-electron chi connectivity index (χ4n) is 1.84. The lowest BCUT2D eigenvalue weighted by molar-refractivity contribution is 0.354. The van der Waals surface area contributed by atoms with E-state index >= 15 is 0 Å². The van der Waals surface area contributed by atoms with Gasteiger partial charge in [0.2, 0.25) is 0 Å². The van der Waals surface area contributed by atoms with Crippen LogP contribution in [0.25, 0.3) is 0 Å². The molecule has 2 aromatic rings. The molecule has 0 spiro atoms. The Bertz CT molecular complexity index is 511. The first-order valence-corrected chi connectivity index (χ1v) is 7.21. The summed E-state index contributed by atoms with van der Waals surface area (Å²) >= 11 is 1.83. The molecular weight excluding hydrogens is 256 g/mol. The minimum atomic E-state index is 0.773. The van der Waals surface area contributed by atoms with Crippen LogP contribution in [-0.2, 0) is 6.42 Å². The van der Waals surface area contributed by atoms with E-state index in [1.165, 1.54) is 10.5 Å². The number of hydrogen-bond donors (Lipinski definition) is 0. The first-order valence-electron chi connectivity index (χ1n) is 6.22. The molecule has 3 heteroatoms. The first kappa shape index (κ1) is 13.8. The van der Waals surface area contributed by atoms with Crippen LogP contribution in [-0.4, -0.2) is 20.0 Å². The van der Waals surface area contributed by atoms with Gasteiger partial charge in [0.15, 0.2) is 11.5 Å². The van der Waals surface area contributed by atoms with Crippen molar-refractivity contribution in [2.45, 2.75) is 11.3 Å². The molecule has 0 saturated carbocycles. The summed E-state index contributed by atoms with van der Waals surface area (Å²) in [6.45, 7) is 0. The molecule has 2 nitrogen and oxygen atoms in total. The van der Waals surface area contributed by atoms with E-state index in [0.717, 1.165) is 23.7 Å². The molecule has 0 aliphatic rings. The molecule has 100 valence electrons. The van der Waals surface area contributed by atoms with Crippen LogP contribution in [0.15, 0.2) is 53.4 Å². The lowest BCUT2D eigenvalue weighted by Crippen LogP contribution is -1.91. The Kier molecular flexibility index (Phi) is 5.16. The van der Waals surface area contributed by atoms with E-state index in [9.17, 15) is 0 Å². The zero-order chi connectivity index (χ0) is 13.5. The quantitative estimate of drug-likeness (QED) is 0.741. The van der Waals surface area contributed by atoms with Crippen LogP contribution < -0.4 is 9.47 Å². The van der Waals surface area contributed by atoms with Crippen molar-refractivity contribution >= 4 is 11.8 Å². The number of rotatable bonds is 6. The molecule has 2 aromatic carbocycles. The summed E-state index contributed by atoms with van der Waals surface area (Å²) in [4.78, 5) is 1.20. The van der Waals surface area contributed by atoms with Gasteiger partial charge in [-0.1, -0.05) is 30.3 Å². The predicted octanol–water partition coefficient (Wildman–Crippen LogP) is 4.04. The van der Waals surface area contributed by atoms with Crippen LogP contribution in [0.3, 0.4) is 0 Å². The molecule has 0 atom stereocenters. The maximum absolute atomic E-state index is 5.30. The molecule has 2 rings (SSSR count). The molecule has 0 fully saturated rings. The van der Waals surface area contributed by atoms with E-state index in [0.29, 0.717) is 0 Å². The van der Waals surface area contributed by atoms with Crippen molar-refractivity contribution in [3.05, 3.63) is 54.1 Å². The predicted molar refractivity (Wildman–Crippen MR) is 80.4 cm³/mol. The molecule has 0 aromatic heterocycles. The Morgan fingerprint density at radius 2 is 1.63 bits per heavy atom. The van der Waals surface area contributed by atoms with Gasteiger partial charge in [0.25, 0.3) is 0 Å². The maximum Gasteiger partial charge on any atom is 0.161 e. The molecule has 0 bridgehead atoms. The molecule has 0 saturated heterocycles. The molecule has 0 N–H and O–H groups in total. The third kappa shape index (κ3) is 3.93. The second-order valence-electron chi connectivity index (χ2n) is 4.10. The summed E-state index contributed by atoms with van der Waals surface area (Å²) in [5.41, 5.74) is 1.37. The smallest absolute Gasteiger partial charge is 0.161 e. The number of ether oxygens (including phenoxy) is 2. The number of methoxy groups -OCH3 is 2. The van der Waals surface area contributed by atoms with Crippen LogP contribution in [0.1, 0.15) is 5.56 Å².